The topological polar surface area (TPSA) is 61.5 Å². The second-order valence-corrected chi connectivity index (χ2v) is 9.54. The molecule has 170 valence electrons. The van der Waals surface area contributed by atoms with E-state index in [2.05, 4.69) is 70.9 Å². The number of nitrogens with one attached hydrogen (secondary N) is 1. The van der Waals surface area contributed by atoms with Crippen molar-refractivity contribution < 1.29 is 0 Å². The normalized spacial score (nSPS) is 14.7. The van der Waals surface area contributed by atoms with Crippen molar-refractivity contribution in [2.75, 3.05) is 5.32 Å². The molecule has 0 fully saturated rings. The lowest BCUT2D eigenvalue weighted by atomic mass is 9.86. The molecule has 5 nitrogen and oxygen atoms in total. The first-order chi connectivity index (χ1) is 17.1. The Labute approximate surface area is 204 Å². The number of benzene rings is 5. The summed E-state index contributed by atoms with van der Waals surface area (Å²) in [5.74, 6) is 0. The maximum atomic E-state index is 4.70. The van der Waals surface area contributed by atoms with E-state index in [0.29, 0.717) is 0 Å². The second-order valence-electron chi connectivity index (χ2n) is 9.54. The van der Waals surface area contributed by atoms with Gasteiger partial charge in [0.25, 0.3) is 0 Å². The van der Waals surface area contributed by atoms with Crippen LogP contribution in [0.5, 0.6) is 0 Å². The summed E-state index contributed by atoms with van der Waals surface area (Å²) in [6.07, 6.45) is 0.974. The van der Waals surface area contributed by atoms with Crippen molar-refractivity contribution in [2.45, 2.75) is 25.8 Å². The minimum Gasteiger partial charge on any atom is -0.379 e. The van der Waals surface area contributed by atoms with Gasteiger partial charge in [0.1, 0.15) is 0 Å². The number of rotatable bonds is 4. The van der Waals surface area contributed by atoms with Gasteiger partial charge in [-0.1, -0.05) is 60.7 Å². The van der Waals surface area contributed by atoms with Gasteiger partial charge in [-0.2, -0.15) is 5.11 Å². The fourth-order valence-electron chi connectivity index (χ4n) is 4.84. The van der Waals surface area contributed by atoms with Gasteiger partial charge in [0.15, 0.2) is 0 Å². The number of nitrogens with zero attached hydrogens (tertiary/aromatic N) is 4. The Hall–Kier alpha value is -4.38. The monoisotopic (exact) mass is 455 g/mol. The van der Waals surface area contributed by atoms with Gasteiger partial charge in [-0.3, -0.25) is 0 Å². The van der Waals surface area contributed by atoms with Gasteiger partial charge in [0, 0.05) is 32.8 Å². The van der Waals surface area contributed by atoms with Crippen molar-refractivity contribution in [3.8, 4) is 0 Å². The smallest absolute Gasteiger partial charge is 0.0936 e. The maximum absolute atomic E-state index is 4.70. The van der Waals surface area contributed by atoms with Crippen LogP contribution in [0.25, 0.3) is 21.5 Å². The molecule has 0 aliphatic carbocycles. The molecule has 5 aromatic rings. The fourth-order valence-corrected chi connectivity index (χ4v) is 4.84. The molecule has 0 radical (unpaired) electrons. The van der Waals surface area contributed by atoms with Gasteiger partial charge < -0.3 is 5.32 Å². The van der Waals surface area contributed by atoms with Crippen molar-refractivity contribution in [3.63, 3.8) is 0 Å². The lowest BCUT2D eigenvalue weighted by Crippen LogP contribution is -2.36. The van der Waals surface area contributed by atoms with E-state index < -0.39 is 0 Å². The minimum atomic E-state index is 0.0306. The van der Waals surface area contributed by atoms with Crippen LogP contribution in [0.4, 0.5) is 28.4 Å². The summed E-state index contributed by atoms with van der Waals surface area (Å²) in [5.41, 5.74) is 5.83. The van der Waals surface area contributed by atoms with Crippen molar-refractivity contribution >= 4 is 50.0 Å². The minimum absolute atomic E-state index is 0.0306. The zero-order valence-electron chi connectivity index (χ0n) is 19.7. The summed E-state index contributed by atoms with van der Waals surface area (Å²) in [7, 11) is 0. The molecule has 0 saturated carbocycles. The second kappa shape index (κ2) is 8.44. The fraction of sp³-hybridized carbons (Fsp3) is 0.133. The van der Waals surface area contributed by atoms with Crippen molar-refractivity contribution in [3.05, 3.63) is 103 Å². The summed E-state index contributed by atoms with van der Waals surface area (Å²) in [4.78, 5) is 0. The summed E-state index contributed by atoms with van der Waals surface area (Å²) < 4.78 is 0. The quantitative estimate of drug-likeness (QED) is 0.269. The molecule has 1 heterocycles. The lowest BCUT2D eigenvalue weighted by Gasteiger charge is -2.34. The highest BCUT2D eigenvalue weighted by atomic mass is 15.1. The molecule has 0 unspecified atom stereocenters. The van der Waals surface area contributed by atoms with Crippen LogP contribution in [-0.4, -0.2) is 5.54 Å². The maximum Gasteiger partial charge on any atom is 0.0936 e. The summed E-state index contributed by atoms with van der Waals surface area (Å²) in [5, 5.41) is 26.3. The molecule has 0 bridgehead atoms. The van der Waals surface area contributed by atoms with Crippen LogP contribution in [0.1, 0.15) is 19.4 Å². The highest BCUT2D eigenvalue weighted by molar-refractivity contribution is 6.04. The van der Waals surface area contributed by atoms with Gasteiger partial charge in [-0.15, -0.1) is 15.3 Å². The zero-order valence-corrected chi connectivity index (χ0v) is 19.7. The van der Waals surface area contributed by atoms with Crippen molar-refractivity contribution in [2.24, 2.45) is 20.5 Å². The SMILES string of the molecule is CC1(C)Cc2ccc(N=Nc3ccc(N=Nc4ccccc4)c4ccccc34)c3cccc(c23)N1. The highest BCUT2D eigenvalue weighted by Gasteiger charge is 2.26. The van der Waals surface area contributed by atoms with Crippen LogP contribution in [-0.2, 0) is 6.42 Å². The molecule has 1 N–H and O–H groups in total. The molecule has 6 rings (SSSR count). The first-order valence-corrected chi connectivity index (χ1v) is 11.8. The Morgan fingerprint density at radius 3 is 1.86 bits per heavy atom. The van der Waals surface area contributed by atoms with Crippen molar-refractivity contribution in [1.29, 1.82) is 0 Å². The van der Waals surface area contributed by atoms with Crippen LogP contribution < -0.4 is 5.32 Å². The molecule has 0 aromatic heterocycles. The number of hydrogen-bond donors (Lipinski definition) is 1. The molecule has 0 atom stereocenters. The lowest BCUT2D eigenvalue weighted by molar-refractivity contribution is 0.560. The number of fused-ring (bicyclic) bond motifs is 1. The summed E-state index contributed by atoms with van der Waals surface area (Å²) in [6.45, 7) is 4.47. The predicted octanol–water partition coefficient (Wildman–Crippen LogP) is 9.57. The molecule has 0 saturated heterocycles. The third kappa shape index (κ3) is 4.06. The molecule has 5 aromatic carbocycles. The van der Waals surface area contributed by atoms with Gasteiger partial charge in [0.05, 0.1) is 22.7 Å². The summed E-state index contributed by atoms with van der Waals surface area (Å²) in [6, 6.07) is 32.4. The van der Waals surface area contributed by atoms with E-state index in [0.717, 1.165) is 51.0 Å². The number of azo groups is 2. The molecule has 35 heavy (non-hydrogen) atoms. The van der Waals surface area contributed by atoms with Gasteiger partial charge in [0.2, 0.25) is 0 Å². The predicted molar refractivity (Wildman–Crippen MR) is 144 cm³/mol. The van der Waals surface area contributed by atoms with Gasteiger partial charge in [-0.25, -0.2) is 0 Å². The van der Waals surface area contributed by atoms with Crippen LogP contribution in [0.15, 0.2) is 118 Å². The van der Waals surface area contributed by atoms with Crippen LogP contribution in [0.2, 0.25) is 0 Å². The van der Waals surface area contributed by atoms with E-state index >= 15 is 0 Å². The molecule has 5 heteroatoms. The van der Waals surface area contributed by atoms with E-state index in [9.17, 15) is 0 Å². The van der Waals surface area contributed by atoms with Crippen LogP contribution >= 0.6 is 0 Å². The van der Waals surface area contributed by atoms with Crippen LogP contribution in [0, 0.1) is 0 Å². The zero-order chi connectivity index (χ0) is 23.8. The first-order valence-electron chi connectivity index (χ1n) is 11.8. The first kappa shape index (κ1) is 21.2. The van der Waals surface area contributed by atoms with E-state index in [1.54, 1.807) is 0 Å². The molecular weight excluding hydrogens is 430 g/mol. The Kier molecular flexibility index (Phi) is 5.10. The van der Waals surface area contributed by atoms with E-state index in [-0.39, 0.29) is 5.54 Å². The van der Waals surface area contributed by atoms with Gasteiger partial charge >= 0.3 is 0 Å². The standard InChI is InChI=1S/C30H25N5/c1-30(2)19-20-15-16-27(24-13-8-14-28(31-30)29(20)24)35-34-26-18-17-25(22-11-6-7-12-23(22)26)33-32-21-9-4-3-5-10-21/h3-18,31H,19H2,1-2H3. The van der Waals surface area contributed by atoms with Gasteiger partial charge in [-0.05, 0) is 62.2 Å². The van der Waals surface area contributed by atoms with Crippen LogP contribution in [0.3, 0.4) is 0 Å². The Bertz CT molecular complexity index is 1600. The highest BCUT2D eigenvalue weighted by Crippen LogP contribution is 2.41. The number of anilines is 1. The summed E-state index contributed by atoms with van der Waals surface area (Å²) >= 11 is 0. The molecule has 0 spiro atoms. The third-order valence-electron chi connectivity index (χ3n) is 6.38. The Morgan fingerprint density at radius 1 is 0.571 bits per heavy atom. The molecule has 1 aliphatic heterocycles. The third-order valence-corrected chi connectivity index (χ3v) is 6.38. The number of hydrogen-bond acceptors (Lipinski definition) is 5. The average Bonchev–Trinajstić information content (AvgIpc) is 2.87. The van der Waals surface area contributed by atoms with E-state index in [1.165, 1.54) is 10.9 Å². The Balaban J connectivity index is 1.39. The molecule has 1 aliphatic rings. The van der Waals surface area contributed by atoms with E-state index in [1.807, 2.05) is 60.7 Å². The molecule has 0 amide bonds. The van der Waals surface area contributed by atoms with E-state index in [4.69, 9.17) is 5.11 Å². The molecular formula is C30H25N5. The van der Waals surface area contributed by atoms with Crippen molar-refractivity contribution in [1.82, 2.24) is 0 Å². The average molecular weight is 456 g/mol. The largest absolute Gasteiger partial charge is 0.379 e. The Morgan fingerprint density at radius 2 is 1.14 bits per heavy atom.